The van der Waals surface area contributed by atoms with Gasteiger partial charge in [0.1, 0.15) is 0 Å². The Kier molecular flexibility index (Phi) is 4.36. The number of aliphatic hydroxyl groups is 1. The van der Waals surface area contributed by atoms with Crippen molar-refractivity contribution in [3.05, 3.63) is 0 Å². The van der Waals surface area contributed by atoms with Crippen molar-refractivity contribution < 1.29 is 18.3 Å². The largest absolute Gasteiger partial charge is 0.396 e. The molecule has 0 aliphatic carbocycles. The number of likely N-dealkylation sites (tertiary alicyclic amines) is 1. The summed E-state index contributed by atoms with van der Waals surface area (Å²) in [6.45, 7) is 0.803. The number of aliphatic hydroxyl groups excluding tert-OH is 1. The summed E-state index contributed by atoms with van der Waals surface area (Å²) in [5.74, 6) is -1.33. The van der Waals surface area contributed by atoms with Crippen LogP contribution in [0.2, 0.25) is 0 Å². The zero-order valence-electron chi connectivity index (χ0n) is 8.50. The highest BCUT2D eigenvalue weighted by Crippen LogP contribution is 2.27. The van der Waals surface area contributed by atoms with Gasteiger partial charge in [-0.05, 0) is 18.9 Å². The average Bonchev–Trinajstić information content (AvgIpc) is 2.59. The average molecular weight is 226 g/mol. The van der Waals surface area contributed by atoms with Gasteiger partial charge in [-0.2, -0.15) is 13.2 Å². The highest BCUT2D eigenvalue weighted by Gasteiger charge is 2.40. The molecule has 6 heteroatoms. The van der Waals surface area contributed by atoms with E-state index in [-0.39, 0.29) is 25.6 Å². The van der Waals surface area contributed by atoms with Gasteiger partial charge in [0.2, 0.25) is 0 Å². The van der Waals surface area contributed by atoms with E-state index in [1.165, 1.54) is 0 Å². The van der Waals surface area contributed by atoms with E-state index in [4.69, 9.17) is 10.8 Å². The second-order valence-corrected chi connectivity index (χ2v) is 4.07. The van der Waals surface area contributed by atoms with E-state index in [1.807, 2.05) is 0 Å². The normalized spacial score (nSPS) is 25.8. The smallest absolute Gasteiger partial charge is 0.394 e. The van der Waals surface area contributed by atoms with Gasteiger partial charge in [-0.1, -0.05) is 0 Å². The molecule has 2 unspecified atom stereocenters. The van der Waals surface area contributed by atoms with Crippen molar-refractivity contribution in [3.63, 3.8) is 0 Å². The number of nitrogens with two attached hydrogens (primary N) is 1. The highest BCUT2D eigenvalue weighted by molar-refractivity contribution is 4.79. The molecule has 0 spiro atoms. The first-order valence-electron chi connectivity index (χ1n) is 5.07. The van der Waals surface area contributed by atoms with Crippen LogP contribution in [0.4, 0.5) is 13.2 Å². The molecule has 15 heavy (non-hydrogen) atoms. The van der Waals surface area contributed by atoms with Crippen LogP contribution < -0.4 is 5.73 Å². The van der Waals surface area contributed by atoms with Crippen molar-refractivity contribution in [1.29, 1.82) is 0 Å². The van der Waals surface area contributed by atoms with Gasteiger partial charge >= 0.3 is 6.18 Å². The van der Waals surface area contributed by atoms with Gasteiger partial charge in [0.25, 0.3) is 0 Å². The van der Waals surface area contributed by atoms with Crippen LogP contribution in [0.3, 0.4) is 0 Å². The van der Waals surface area contributed by atoms with Crippen molar-refractivity contribution in [2.24, 2.45) is 17.6 Å². The van der Waals surface area contributed by atoms with Crippen LogP contribution in [0.25, 0.3) is 0 Å². The van der Waals surface area contributed by atoms with E-state index in [0.29, 0.717) is 13.1 Å². The van der Waals surface area contributed by atoms with E-state index in [0.717, 1.165) is 6.42 Å². The Balaban J connectivity index is 2.40. The fourth-order valence-electron chi connectivity index (χ4n) is 1.85. The Morgan fingerprint density at radius 1 is 1.47 bits per heavy atom. The quantitative estimate of drug-likeness (QED) is 0.731. The van der Waals surface area contributed by atoms with Crippen molar-refractivity contribution in [2.45, 2.75) is 12.6 Å². The SMILES string of the molecule is NCC(CN1CCC(CO)C1)C(F)(F)F. The lowest BCUT2D eigenvalue weighted by atomic mass is 10.1. The summed E-state index contributed by atoms with van der Waals surface area (Å²) in [4.78, 5) is 1.73. The van der Waals surface area contributed by atoms with E-state index >= 15 is 0 Å². The van der Waals surface area contributed by atoms with Crippen LogP contribution in [-0.2, 0) is 0 Å². The third-order valence-electron chi connectivity index (χ3n) is 2.85. The van der Waals surface area contributed by atoms with E-state index in [2.05, 4.69) is 0 Å². The van der Waals surface area contributed by atoms with Crippen LogP contribution in [0.5, 0.6) is 0 Å². The van der Waals surface area contributed by atoms with Gasteiger partial charge in [0, 0.05) is 26.2 Å². The zero-order chi connectivity index (χ0) is 11.5. The van der Waals surface area contributed by atoms with Crippen LogP contribution in [-0.4, -0.2) is 49.0 Å². The summed E-state index contributed by atoms with van der Waals surface area (Å²) in [5.41, 5.74) is 5.11. The zero-order valence-corrected chi connectivity index (χ0v) is 8.50. The number of alkyl halides is 3. The molecule has 1 fully saturated rings. The minimum Gasteiger partial charge on any atom is -0.396 e. The third kappa shape index (κ3) is 3.62. The molecule has 0 aromatic carbocycles. The second kappa shape index (κ2) is 5.14. The van der Waals surface area contributed by atoms with Crippen molar-refractivity contribution >= 4 is 0 Å². The molecular weight excluding hydrogens is 209 g/mol. The van der Waals surface area contributed by atoms with Crippen LogP contribution in [0, 0.1) is 11.8 Å². The van der Waals surface area contributed by atoms with Crippen LogP contribution >= 0.6 is 0 Å². The van der Waals surface area contributed by atoms with Gasteiger partial charge in [-0.15, -0.1) is 0 Å². The van der Waals surface area contributed by atoms with Gasteiger partial charge in [0.05, 0.1) is 5.92 Å². The first kappa shape index (κ1) is 12.7. The molecule has 0 bridgehead atoms. The maximum Gasteiger partial charge on any atom is 0.394 e. The lowest BCUT2D eigenvalue weighted by Crippen LogP contribution is -2.40. The number of rotatable bonds is 4. The van der Waals surface area contributed by atoms with Gasteiger partial charge in [-0.3, -0.25) is 0 Å². The first-order valence-corrected chi connectivity index (χ1v) is 5.07. The number of halogens is 3. The molecular formula is C9H17F3N2O. The number of hydrogen-bond acceptors (Lipinski definition) is 3. The molecule has 0 radical (unpaired) electrons. The minimum atomic E-state index is -4.22. The fraction of sp³-hybridized carbons (Fsp3) is 1.00. The maximum atomic E-state index is 12.4. The topological polar surface area (TPSA) is 49.5 Å². The predicted molar refractivity (Wildman–Crippen MR) is 50.2 cm³/mol. The van der Waals surface area contributed by atoms with E-state index in [9.17, 15) is 13.2 Å². The van der Waals surface area contributed by atoms with E-state index in [1.54, 1.807) is 4.90 Å². The van der Waals surface area contributed by atoms with Crippen LogP contribution in [0.1, 0.15) is 6.42 Å². The molecule has 90 valence electrons. The summed E-state index contributed by atoms with van der Waals surface area (Å²) < 4.78 is 37.2. The Morgan fingerprint density at radius 2 is 2.13 bits per heavy atom. The molecule has 3 N–H and O–H groups in total. The summed E-state index contributed by atoms with van der Waals surface area (Å²) in [6.07, 6.45) is -3.45. The number of hydrogen-bond donors (Lipinski definition) is 2. The molecule has 1 aliphatic heterocycles. The monoisotopic (exact) mass is 226 g/mol. The molecule has 0 saturated carbocycles. The maximum absolute atomic E-state index is 12.4. The van der Waals surface area contributed by atoms with Gasteiger partial charge in [0.15, 0.2) is 0 Å². The molecule has 1 heterocycles. The standard InChI is InChI=1S/C9H17F3N2O/c10-9(11,12)8(3-13)5-14-2-1-7(4-14)6-15/h7-8,15H,1-6,13H2. The molecule has 0 aromatic rings. The molecule has 1 rings (SSSR count). The Hall–Kier alpha value is -0.330. The summed E-state index contributed by atoms with van der Waals surface area (Å²) in [7, 11) is 0. The summed E-state index contributed by atoms with van der Waals surface area (Å²) in [6, 6.07) is 0. The van der Waals surface area contributed by atoms with Crippen LogP contribution in [0.15, 0.2) is 0 Å². The first-order chi connectivity index (χ1) is 6.97. The summed E-state index contributed by atoms with van der Waals surface area (Å²) >= 11 is 0. The van der Waals surface area contributed by atoms with Crippen molar-refractivity contribution in [3.8, 4) is 0 Å². The second-order valence-electron chi connectivity index (χ2n) is 4.07. The number of nitrogens with zero attached hydrogens (tertiary/aromatic N) is 1. The van der Waals surface area contributed by atoms with Gasteiger partial charge < -0.3 is 15.7 Å². The molecule has 1 aliphatic rings. The summed E-state index contributed by atoms with van der Waals surface area (Å²) in [5, 5.41) is 8.86. The van der Waals surface area contributed by atoms with E-state index < -0.39 is 12.1 Å². The molecule has 0 amide bonds. The molecule has 2 atom stereocenters. The molecule has 3 nitrogen and oxygen atoms in total. The minimum absolute atomic E-state index is 0.0451. The predicted octanol–water partition coefficient (Wildman–Crippen LogP) is 0.438. The molecule has 1 saturated heterocycles. The van der Waals surface area contributed by atoms with Crippen molar-refractivity contribution in [1.82, 2.24) is 4.90 Å². The highest BCUT2D eigenvalue weighted by atomic mass is 19.4. The Labute approximate surface area is 87.0 Å². The third-order valence-corrected chi connectivity index (χ3v) is 2.85. The van der Waals surface area contributed by atoms with Gasteiger partial charge in [-0.25, -0.2) is 0 Å². The Bertz CT molecular complexity index is 198. The molecule has 0 aromatic heterocycles. The van der Waals surface area contributed by atoms with Crippen molar-refractivity contribution in [2.75, 3.05) is 32.8 Å². The Morgan fingerprint density at radius 3 is 2.53 bits per heavy atom. The lowest BCUT2D eigenvalue weighted by molar-refractivity contribution is -0.175. The lowest BCUT2D eigenvalue weighted by Gasteiger charge is -2.24. The fourth-order valence-corrected chi connectivity index (χ4v) is 1.85.